The van der Waals surface area contributed by atoms with Gasteiger partial charge in [0.25, 0.3) is 0 Å². The van der Waals surface area contributed by atoms with Crippen molar-refractivity contribution in [3.63, 3.8) is 0 Å². The van der Waals surface area contributed by atoms with Crippen LogP contribution in [-0.2, 0) is 5.60 Å². The van der Waals surface area contributed by atoms with E-state index in [1.54, 1.807) is 0 Å². The molecule has 1 aromatic carbocycles. The van der Waals surface area contributed by atoms with Crippen LogP contribution in [0.15, 0.2) is 36.5 Å². The summed E-state index contributed by atoms with van der Waals surface area (Å²) in [6.07, 6.45) is 3.56. The molecule has 0 aliphatic heterocycles. The standard InChI is InChI=1S/C16H19NO/c1-11(2)13-8-16(18,9-13)14-7-12-5-3-4-6-15(12)17-10-14/h3-7,10-11,13,18H,8-9H2,1-2H3. The average Bonchev–Trinajstić information content (AvgIpc) is 2.34. The smallest absolute Gasteiger partial charge is 0.0917 e. The Labute approximate surface area is 108 Å². The van der Waals surface area contributed by atoms with Crippen molar-refractivity contribution in [2.24, 2.45) is 11.8 Å². The summed E-state index contributed by atoms with van der Waals surface area (Å²) in [5, 5.41) is 11.7. The van der Waals surface area contributed by atoms with Crippen molar-refractivity contribution in [1.82, 2.24) is 4.98 Å². The second kappa shape index (κ2) is 4.06. The lowest BCUT2D eigenvalue weighted by atomic mass is 9.64. The first-order chi connectivity index (χ1) is 8.58. The van der Waals surface area contributed by atoms with E-state index in [1.165, 1.54) is 0 Å². The Morgan fingerprint density at radius 3 is 2.72 bits per heavy atom. The quantitative estimate of drug-likeness (QED) is 0.873. The van der Waals surface area contributed by atoms with Crippen LogP contribution in [0.1, 0.15) is 32.3 Å². The summed E-state index contributed by atoms with van der Waals surface area (Å²) in [6.45, 7) is 4.45. The molecular formula is C16H19NO. The number of aliphatic hydroxyl groups is 1. The second-order valence-corrected chi connectivity index (χ2v) is 5.86. The maximum absolute atomic E-state index is 10.6. The maximum atomic E-state index is 10.6. The Morgan fingerprint density at radius 1 is 1.28 bits per heavy atom. The van der Waals surface area contributed by atoms with Crippen LogP contribution in [0.5, 0.6) is 0 Å². The summed E-state index contributed by atoms with van der Waals surface area (Å²) in [6, 6.07) is 10.1. The third-order valence-electron chi connectivity index (χ3n) is 4.27. The topological polar surface area (TPSA) is 33.1 Å². The highest BCUT2D eigenvalue weighted by atomic mass is 16.3. The molecule has 1 N–H and O–H groups in total. The minimum Gasteiger partial charge on any atom is -0.385 e. The van der Waals surface area contributed by atoms with E-state index >= 15 is 0 Å². The number of hydrogen-bond acceptors (Lipinski definition) is 2. The van der Waals surface area contributed by atoms with Gasteiger partial charge >= 0.3 is 0 Å². The Bertz CT molecular complexity index is 570. The summed E-state index contributed by atoms with van der Waals surface area (Å²) in [5.74, 6) is 1.29. The molecule has 0 unspecified atom stereocenters. The molecule has 0 atom stereocenters. The highest BCUT2D eigenvalue weighted by Crippen LogP contribution is 2.48. The van der Waals surface area contributed by atoms with Gasteiger partial charge in [-0.3, -0.25) is 4.98 Å². The van der Waals surface area contributed by atoms with Gasteiger partial charge in [-0.15, -0.1) is 0 Å². The molecule has 1 aliphatic carbocycles. The summed E-state index contributed by atoms with van der Waals surface area (Å²) < 4.78 is 0. The summed E-state index contributed by atoms with van der Waals surface area (Å²) >= 11 is 0. The summed E-state index contributed by atoms with van der Waals surface area (Å²) in [5.41, 5.74) is 1.31. The van der Waals surface area contributed by atoms with Gasteiger partial charge in [0.15, 0.2) is 0 Å². The predicted octanol–water partition coefficient (Wildman–Crippen LogP) is 3.49. The number of para-hydroxylation sites is 1. The number of nitrogens with zero attached hydrogens (tertiary/aromatic N) is 1. The van der Waals surface area contributed by atoms with Crippen molar-refractivity contribution >= 4 is 10.9 Å². The van der Waals surface area contributed by atoms with Crippen LogP contribution >= 0.6 is 0 Å². The van der Waals surface area contributed by atoms with Crippen molar-refractivity contribution in [3.05, 3.63) is 42.1 Å². The van der Waals surface area contributed by atoms with E-state index in [0.29, 0.717) is 11.8 Å². The van der Waals surface area contributed by atoms with Crippen molar-refractivity contribution in [2.75, 3.05) is 0 Å². The third kappa shape index (κ3) is 1.81. The molecule has 2 aromatic rings. The molecule has 2 nitrogen and oxygen atoms in total. The molecular weight excluding hydrogens is 222 g/mol. The van der Waals surface area contributed by atoms with Crippen molar-refractivity contribution < 1.29 is 5.11 Å². The third-order valence-corrected chi connectivity index (χ3v) is 4.27. The largest absolute Gasteiger partial charge is 0.385 e. The Kier molecular flexibility index (Phi) is 2.63. The van der Waals surface area contributed by atoms with Gasteiger partial charge in [0.1, 0.15) is 0 Å². The van der Waals surface area contributed by atoms with E-state index in [1.807, 2.05) is 30.5 Å². The van der Waals surface area contributed by atoms with Gasteiger partial charge in [-0.1, -0.05) is 32.0 Å². The fraction of sp³-hybridized carbons (Fsp3) is 0.438. The molecule has 0 saturated heterocycles. The molecule has 2 heteroatoms. The number of aromatic nitrogens is 1. The fourth-order valence-electron chi connectivity index (χ4n) is 2.84. The van der Waals surface area contributed by atoms with Gasteiger partial charge in [-0.25, -0.2) is 0 Å². The van der Waals surface area contributed by atoms with Gasteiger partial charge in [0, 0.05) is 17.1 Å². The first kappa shape index (κ1) is 11.7. The average molecular weight is 241 g/mol. The van der Waals surface area contributed by atoms with Crippen LogP contribution in [-0.4, -0.2) is 10.1 Å². The zero-order valence-corrected chi connectivity index (χ0v) is 10.9. The zero-order valence-electron chi connectivity index (χ0n) is 10.9. The lowest BCUT2D eigenvalue weighted by molar-refractivity contribution is -0.0934. The maximum Gasteiger partial charge on any atom is 0.0917 e. The van der Waals surface area contributed by atoms with Gasteiger partial charge in [0.2, 0.25) is 0 Å². The van der Waals surface area contributed by atoms with E-state index < -0.39 is 5.60 Å². The van der Waals surface area contributed by atoms with E-state index in [-0.39, 0.29) is 0 Å². The lowest BCUT2D eigenvalue weighted by Gasteiger charge is -2.46. The summed E-state index contributed by atoms with van der Waals surface area (Å²) in [7, 11) is 0. The Morgan fingerprint density at radius 2 is 2.00 bits per heavy atom. The van der Waals surface area contributed by atoms with Crippen LogP contribution in [0.25, 0.3) is 10.9 Å². The SMILES string of the molecule is CC(C)C1CC(O)(c2cnc3ccccc3c2)C1. The van der Waals surface area contributed by atoms with Gasteiger partial charge in [0.05, 0.1) is 11.1 Å². The fourth-order valence-corrected chi connectivity index (χ4v) is 2.84. The monoisotopic (exact) mass is 241 g/mol. The van der Waals surface area contributed by atoms with E-state index in [9.17, 15) is 5.11 Å². The summed E-state index contributed by atoms with van der Waals surface area (Å²) in [4.78, 5) is 4.44. The molecule has 0 amide bonds. The normalized spacial score (nSPS) is 27.4. The van der Waals surface area contributed by atoms with Crippen molar-refractivity contribution in [3.8, 4) is 0 Å². The molecule has 94 valence electrons. The number of hydrogen-bond donors (Lipinski definition) is 1. The molecule has 0 spiro atoms. The van der Waals surface area contributed by atoms with E-state index in [4.69, 9.17) is 0 Å². The second-order valence-electron chi connectivity index (χ2n) is 5.86. The van der Waals surface area contributed by atoms with Gasteiger partial charge in [-0.2, -0.15) is 0 Å². The predicted molar refractivity (Wildman–Crippen MR) is 73.2 cm³/mol. The van der Waals surface area contributed by atoms with E-state index in [0.717, 1.165) is 29.3 Å². The molecule has 0 bridgehead atoms. The van der Waals surface area contributed by atoms with E-state index in [2.05, 4.69) is 24.9 Å². The molecule has 1 heterocycles. The molecule has 0 radical (unpaired) electrons. The van der Waals surface area contributed by atoms with Gasteiger partial charge < -0.3 is 5.11 Å². The highest BCUT2D eigenvalue weighted by molar-refractivity contribution is 5.78. The van der Waals surface area contributed by atoms with Gasteiger partial charge in [-0.05, 0) is 36.8 Å². The van der Waals surface area contributed by atoms with Crippen molar-refractivity contribution in [2.45, 2.75) is 32.3 Å². The number of fused-ring (bicyclic) bond motifs is 1. The minimum absolute atomic E-state index is 0.640. The molecule has 18 heavy (non-hydrogen) atoms. The van der Waals surface area contributed by atoms with Crippen LogP contribution in [0.4, 0.5) is 0 Å². The number of benzene rings is 1. The Balaban J connectivity index is 1.91. The molecule has 1 aromatic heterocycles. The lowest BCUT2D eigenvalue weighted by Crippen LogP contribution is -2.43. The molecule has 1 aliphatic rings. The van der Waals surface area contributed by atoms with Crippen molar-refractivity contribution in [1.29, 1.82) is 0 Å². The van der Waals surface area contributed by atoms with Crippen LogP contribution in [0.2, 0.25) is 0 Å². The van der Waals surface area contributed by atoms with Crippen LogP contribution in [0.3, 0.4) is 0 Å². The molecule has 3 rings (SSSR count). The first-order valence-electron chi connectivity index (χ1n) is 6.66. The van der Waals surface area contributed by atoms with Crippen LogP contribution in [0, 0.1) is 11.8 Å². The molecule has 1 saturated carbocycles. The number of rotatable bonds is 2. The molecule has 1 fully saturated rings. The van der Waals surface area contributed by atoms with Crippen LogP contribution < -0.4 is 0 Å². The highest BCUT2D eigenvalue weighted by Gasteiger charge is 2.45. The zero-order chi connectivity index (χ0) is 12.8. The first-order valence-corrected chi connectivity index (χ1v) is 6.66. The Hall–Kier alpha value is -1.41. The minimum atomic E-state index is -0.647. The number of pyridine rings is 1.